The van der Waals surface area contributed by atoms with Crippen LogP contribution in [0.15, 0.2) is 16.9 Å². The Morgan fingerprint density at radius 2 is 2.06 bits per heavy atom. The Hall–Kier alpha value is -1.65. The molecule has 1 heterocycles. The molecule has 1 N–H and O–H groups in total. The molecule has 18 heavy (non-hydrogen) atoms. The number of hydrogen-bond donors (Lipinski definition) is 1. The third kappa shape index (κ3) is 3.68. The van der Waals surface area contributed by atoms with Crippen molar-refractivity contribution in [1.29, 1.82) is 0 Å². The normalized spacial score (nSPS) is 12.5. The first-order chi connectivity index (χ1) is 8.45. The third-order valence-corrected chi connectivity index (χ3v) is 2.89. The minimum Gasteiger partial charge on any atom is -0.348 e. The lowest BCUT2D eigenvalue weighted by atomic mass is 10.1. The van der Waals surface area contributed by atoms with Crippen molar-refractivity contribution >= 4 is 5.91 Å². The van der Waals surface area contributed by atoms with Crippen molar-refractivity contribution in [3.05, 3.63) is 28.2 Å². The van der Waals surface area contributed by atoms with E-state index in [4.69, 9.17) is 0 Å². The van der Waals surface area contributed by atoms with Crippen molar-refractivity contribution in [3.63, 3.8) is 0 Å². The minimum absolute atomic E-state index is 0.0749. The van der Waals surface area contributed by atoms with Gasteiger partial charge in [0.15, 0.2) is 0 Å². The van der Waals surface area contributed by atoms with Crippen LogP contribution in [0.1, 0.15) is 44.6 Å². The Morgan fingerprint density at radius 3 is 2.61 bits per heavy atom. The zero-order chi connectivity index (χ0) is 13.7. The number of carbonyl (C=O) groups is 1. The minimum atomic E-state index is -0.235. The third-order valence-electron chi connectivity index (χ3n) is 2.89. The summed E-state index contributed by atoms with van der Waals surface area (Å²) < 4.78 is 1.33. The van der Waals surface area contributed by atoms with Crippen LogP contribution in [0.5, 0.6) is 0 Å². The number of aromatic nitrogens is 2. The summed E-state index contributed by atoms with van der Waals surface area (Å²) in [4.78, 5) is 23.4. The molecule has 0 saturated heterocycles. The maximum atomic E-state index is 11.9. The van der Waals surface area contributed by atoms with Crippen molar-refractivity contribution in [1.82, 2.24) is 15.1 Å². The van der Waals surface area contributed by atoms with Crippen LogP contribution in [0.25, 0.3) is 0 Å². The predicted octanol–water partition coefficient (Wildman–Crippen LogP) is 1.43. The summed E-state index contributed by atoms with van der Waals surface area (Å²) in [5.74, 6) is 0.122. The largest absolute Gasteiger partial charge is 0.348 e. The molecule has 5 heteroatoms. The lowest BCUT2D eigenvalue weighted by Crippen LogP contribution is -2.37. The average molecular weight is 251 g/mol. The first-order valence-corrected chi connectivity index (χ1v) is 6.34. The second-order valence-corrected chi connectivity index (χ2v) is 4.79. The molecule has 1 rings (SSSR count). The van der Waals surface area contributed by atoms with E-state index in [1.165, 1.54) is 16.8 Å². The Labute approximate surface area is 107 Å². The fourth-order valence-corrected chi connectivity index (χ4v) is 1.39. The highest BCUT2D eigenvalue weighted by molar-refractivity contribution is 5.92. The molecule has 0 aliphatic carbocycles. The lowest BCUT2D eigenvalue weighted by Gasteiger charge is -2.17. The Kier molecular flexibility index (Phi) is 5.07. The van der Waals surface area contributed by atoms with E-state index in [2.05, 4.69) is 10.4 Å². The lowest BCUT2D eigenvalue weighted by molar-refractivity contribution is 0.0922. The molecular weight excluding hydrogens is 230 g/mol. The number of hydrogen-bond acceptors (Lipinski definition) is 3. The summed E-state index contributed by atoms with van der Waals surface area (Å²) in [7, 11) is 0. The van der Waals surface area contributed by atoms with Gasteiger partial charge in [0.05, 0.1) is 0 Å². The molecule has 0 aromatic carbocycles. The Bertz CT molecular complexity index is 466. The molecule has 0 spiro atoms. The van der Waals surface area contributed by atoms with Gasteiger partial charge in [0.2, 0.25) is 0 Å². The van der Waals surface area contributed by atoms with E-state index in [1.54, 1.807) is 0 Å². The first kappa shape index (κ1) is 14.4. The van der Waals surface area contributed by atoms with Crippen LogP contribution in [0.2, 0.25) is 0 Å². The maximum Gasteiger partial charge on any atom is 0.271 e. The van der Waals surface area contributed by atoms with E-state index in [1.807, 2.05) is 27.7 Å². The van der Waals surface area contributed by atoms with E-state index in [0.29, 0.717) is 12.5 Å². The molecule has 0 aliphatic rings. The SMILES string of the molecule is CCCn1nc(C(=O)NC(C)C(C)C)ccc1=O. The van der Waals surface area contributed by atoms with Crippen LogP contribution < -0.4 is 10.9 Å². The van der Waals surface area contributed by atoms with Gasteiger partial charge in [-0.3, -0.25) is 9.59 Å². The van der Waals surface area contributed by atoms with Gasteiger partial charge in [0.25, 0.3) is 11.5 Å². The maximum absolute atomic E-state index is 11.9. The molecule has 1 aromatic heterocycles. The smallest absolute Gasteiger partial charge is 0.271 e. The standard InChI is InChI=1S/C13H21N3O2/c1-5-8-16-12(17)7-6-11(15-16)13(18)14-10(4)9(2)3/h6-7,9-10H,5,8H2,1-4H3,(H,14,18). The number of rotatable bonds is 5. The summed E-state index contributed by atoms with van der Waals surface area (Å²) in [6.45, 7) is 8.51. The van der Waals surface area contributed by atoms with Crippen LogP contribution in [0.4, 0.5) is 0 Å². The average Bonchev–Trinajstić information content (AvgIpc) is 2.31. The predicted molar refractivity (Wildman–Crippen MR) is 70.6 cm³/mol. The molecule has 0 bridgehead atoms. The van der Waals surface area contributed by atoms with Crippen molar-refractivity contribution in [2.75, 3.05) is 0 Å². The van der Waals surface area contributed by atoms with E-state index >= 15 is 0 Å². The number of nitrogens with zero attached hydrogens (tertiary/aromatic N) is 2. The van der Waals surface area contributed by atoms with Crippen molar-refractivity contribution in [2.45, 2.75) is 46.7 Å². The molecule has 0 saturated carbocycles. The Morgan fingerprint density at radius 1 is 1.39 bits per heavy atom. The fraction of sp³-hybridized carbons (Fsp3) is 0.615. The summed E-state index contributed by atoms with van der Waals surface area (Å²) in [5.41, 5.74) is 0.112. The van der Waals surface area contributed by atoms with Gasteiger partial charge in [-0.15, -0.1) is 0 Å². The molecule has 5 nitrogen and oxygen atoms in total. The molecule has 1 atom stereocenters. The van der Waals surface area contributed by atoms with Crippen molar-refractivity contribution in [2.24, 2.45) is 5.92 Å². The van der Waals surface area contributed by atoms with Gasteiger partial charge >= 0.3 is 0 Å². The molecule has 0 radical (unpaired) electrons. The van der Waals surface area contributed by atoms with Crippen LogP contribution in [-0.2, 0) is 6.54 Å². The van der Waals surface area contributed by atoms with Gasteiger partial charge < -0.3 is 5.32 Å². The zero-order valence-electron chi connectivity index (χ0n) is 11.4. The molecule has 1 aromatic rings. The van der Waals surface area contributed by atoms with Gasteiger partial charge in [-0.05, 0) is 25.3 Å². The molecule has 1 amide bonds. The topological polar surface area (TPSA) is 64.0 Å². The van der Waals surface area contributed by atoms with Gasteiger partial charge in [0, 0.05) is 18.7 Å². The fourth-order valence-electron chi connectivity index (χ4n) is 1.39. The zero-order valence-corrected chi connectivity index (χ0v) is 11.4. The van der Waals surface area contributed by atoms with Gasteiger partial charge in [-0.1, -0.05) is 20.8 Å². The van der Waals surface area contributed by atoms with Crippen LogP contribution in [0.3, 0.4) is 0 Å². The molecule has 1 unspecified atom stereocenters. The van der Waals surface area contributed by atoms with Crippen molar-refractivity contribution in [3.8, 4) is 0 Å². The highest BCUT2D eigenvalue weighted by atomic mass is 16.2. The van der Waals surface area contributed by atoms with E-state index in [0.717, 1.165) is 6.42 Å². The van der Waals surface area contributed by atoms with Crippen LogP contribution in [0, 0.1) is 5.92 Å². The van der Waals surface area contributed by atoms with Gasteiger partial charge in [-0.2, -0.15) is 5.10 Å². The summed E-state index contributed by atoms with van der Waals surface area (Å²) >= 11 is 0. The number of nitrogens with one attached hydrogen (secondary N) is 1. The van der Waals surface area contributed by atoms with Gasteiger partial charge in [0.1, 0.15) is 5.69 Å². The molecule has 0 fully saturated rings. The second-order valence-electron chi connectivity index (χ2n) is 4.79. The van der Waals surface area contributed by atoms with Gasteiger partial charge in [-0.25, -0.2) is 4.68 Å². The summed E-state index contributed by atoms with van der Waals surface area (Å²) in [5, 5.41) is 6.93. The van der Waals surface area contributed by atoms with Crippen LogP contribution in [-0.4, -0.2) is 21.7 Å². The second kappa shape index (κ2) is 6.33. The summed E-state index contributed by atoms with van der Waals surface area (Å²) in [6, 6.07) is 2.93. The Balaban J connectivity index is 2.86. The number of amides is 1. The van der Waals surface area contributed by atoms with Crippen molar-refractivity contribution < 1.29 is 4.79 Å². The first-order valence-electron chi connectivity index (χ1n) is 6.34. The molecular formula is C13H21N3O2. The molecule has 0 aliphatic heterocycles. The number of aryl methyl sites for hydroxylation is 1. The number of carbonyl (C=O) groups excluding carboxylic acids is 1. The highest BCUT2D eigenvalue weighted by Crippen LogP contribution is 2.01. The van der Waals surface area contributed by atoms with Crippen LogP contribution >= 0.6 is 0 Å². The quantitative estimate of drug-likeness (QED) is 0.861. The summed E-state index contributed by atoms with van der Waals surface area (Å²) in [6.07, 6.45) is 0.806. The van der Waals surface area contributed by atoms with E-state index in [9.17, 15) is 9.59 Å². The highest BCUT2D eigenvalue weighted by Gasteiger charge is 2.14. The molecule has 100 valence electrons. The van der Waals surface area contributed by atoms with E-state index in [-0.39, 0.29) is 23.2 Å². The monoisotopic (exact) mass is 251 g/mol. The van der Waals surface area contributed by atoms with E-state index < -0.39 is 0 Å².